The SMILES string of the molecule is C/C(N)=C(\C#N)C(=O)COC(=O)[C@@H]1CS[C@@]2(C)CCC(=O)N12. The number of fused-ring (bicyclic) bond motifs is 1. The number of nitrogens with two attached hydrogens (primary N) is 1. The molecule has 2 saturated heterocycles. The van der Waals surface area contributed by atoms with E-state index in [-0.39, 0.29) is 22.0 Å². The predicted molar refractivity (Wildman–Crippen MR) is 79.2 cm³/mol. The number of carbonyl (C=O) groups is 3. The number of nitriles is 1. The van der Waals surface area contributed by atoms with Crippen molar-refractivity contribution >= 4 is 29.4 Å². The number of hydrogen-bond acceptors (Lipinski definition) is 7. The average molecular weight is 323 g/mol. The second kappa shape index (κ2) is 6.01. The molecule has 0 bridgehead atoms. The van der Waals surface area contributed by atoms with Crippen molar-refractivity contribution in [2.75, 3.05) is 12.4 Å². The minimum atomic E-state index is -0.675. The molecule has 0 aromatic carbocycles. The summed E-state index contributed by atoms with van der Waals surface area (Å²) in [7, 11) is 0. The summed E-state index contributed by atoms with van der Waals surface area (Å²) in [6.45, 7) is 2.81. The van der Waals surface area contributed by atoms with E-state index in [1.807, 2.05) is 6.92 Å². The molecular weight excluding hydrogens is 306 g/mol. The molecule has 2 fully saturated rings. The summed E-state index contributed by atoms with van der Waals surface area (Å²) >= 11 is 1.54. The fourth-order valence-electron chi connectivity index (χ4n) is 2.67. The number of ether oxygens (including phenoxy) is 1. The standard InChI is InChI=1S/C14H17N3O4S/c1-8(16)9(5-15)11(18)6-21-13(20)10-7-22-14(2)4-3-12(19)17(10)14/h10H,3-4,6-7,16H2,1-2H3/b9-8-/t10-,14-/m0/s1. The van der Waals surface area contributed by atoms with Gasteiger partial charge < -0.3 is 15.4 Å². The fourth-order valence-corrected chi connectivity index (χ4v) is 4.09. The summed E-state index contributed by atoms with van der Waals surface area (Å²) < 4.78 is 4.99. The highest BCUT2D eigenvalue weighted by atomic mass is 32.2. The van der Waals surface area contributed by atoms with Gasteiger partial charge in [0.2, 0.25) is 11.7 Å². The molecule has 118 valence electrons. The molecule has 2 aliphatic rings. The highest BCUT2D eigenvalue weighted by Crippen LogP contribution is 2.47. The van der Waals surface area contributed by atoms with Gasteiger partial charge in [-0.15, -0.1) is 11.8 Å². The lowest BCUT2D eigenvalue weighted by molar-refractivity contribution is -0.155. The molecule has 8 heteroatoms. The van der Waals surface area contributed by atoms with E-state index < -0.39 is 24.4 Å². The van der Waals surface area contributed by atoms with E-state index in [9.17, 15) is 14.4 Å². The lowest BCUT2D eigenvalue weighted by Gasteiger charge is -2.29. The minimum Gasteiger partial charge on any atom is -0.456 e. The first-order chi connectivity index (χ1) is 10.3. The molecule has 0 aromatic rings. The maximum atomic E-state index is 12.1. The molecule has 0 spiro atoms. The van der Waals surface area contributed by atoms with Crippen LogP contribution in [0.25, 0.3) is 0 Å². The maximum Gasteiger partial charge on any atom is 0.330 e. The van der Waals surface area contributed by atoms with Crippen molar-refractivity contribution in [2.24, 2.45) is 5.73 Å². The van der Waals surface area contributed by atoms with Crippen LogP contribution in [0.1, 0.15) is 26.7 Å². The van der Waals surface area contributed by atoms with Crippen molar-refractivity contribution in [1.29, 1.82) is 5.26 Å². The Bertz CT molecular complexity index is 606. The highest BCUT2D eigenvalue weighted by molar-refractivity contribution is 8.01. The van der Waals surface area contributed by atoms with E-state index in [0.717, 1.165) is 0 Å². The zero-order valence-corrected chi connectivity index (χ0v) is 13.2. The topological polar surface area (TPSA) is 113 Å². The summed E-state index contributed by atoms with van der Waals surface area (Å²) in [6.07, 6.45) is 1.12. The normalized spacial score (nSPS) is 28.0. The van der Waals surface area contributed by atoms with Gasteiger partial charge in [-0.1, -0.05) is 0 Å². The van der Waals surface area contributed by atoms with Crippen LogP contribution in [0.2, 0.25) is 0 Å². The molecule has 0 saturated carbocycles. The summed E-state index contributed by atoms with van der Waals surface area (Å²) in [4.78, 5) is 37.0. The number of thioether (sulfide) groups is 1. The van der Waals surface area contributed by atoms with E-state index in [1.54, 1.807) is 22.7 Å². The molecule has 22 heavy (non-hydrogen) atoms. The van der Waals surface area contributed by atoms with Gasteiger partial charge in [-0.3, -0.25) is 9.59 Å². The van der Waals surface area contributed by atoms with Crippen LogP contribution in [0.15, 0.2) is 11.3 Å². The van der Waals surface area contributed by atoms with Gasteiger partial charge in [0, 0.05) is 17.9 Å². The van der Waals surface area contributed by atoms with Crippen molar-refractivity contribution in [3.63, 3.8) is 0 Å². The van der Waals surface area contributed by atoms with Gasteiger partial charge in [-0.05, 0) is 20.3 Å². The summed E-state index contributed by atoms with van der Waals surface area (Å²) in [5.41, 5.74) is 5.29. The van der Waals surface area contributed by atoms with Gasteiger partial charge >= 0.3 is 5.97 Å². The monoisotopic (exact) mass is 323 g/mol. The van der Waals surface area contributed by atoms with Gasteiger partial charge in [-0.25, -0.2) is 4.79 Å². The summed E-state index contributed by atoms with van der Waals surface area (Å²) in [6, 6.07) is 1.02. The van der Waals surface area contributed by atoms with Crippen molar-refractivity contribution in [1.82, 2.24) is 4.90 Å². The quantitative estimate of drug-likeness (QED) is 0.450. The van der Waals surface area contributed by atoms with Crippen LogP contribution < -0.4 is 5.73 Å². The third-order valence-corrected chi connectivity index (χ3v) is 5.35. The smallest absolute Gasteiger partial charge is 0.330 e. The van der Waals surface area contributed by atoms with Gasteiger partial charge in [-0.2, -0.15) is 5.26 Å². The molecule has 2 N–H and O–H groups in total. The zero-order valence-electron chi connectivity index (χ0n) is 12.4. The Kier molecular flexibility index (Phi) is 4.47. The first-order valence-electron chi connectivity index (χ1n) is 6.82. The Labute approximate surface area is 132 Å². The molecule has 7 nitrogen and oxygen atoms in total. The molecule has 0 aliphatic carbocycles. The Balaban J connectivity index is 2.00. The van der Waals surface area contributed by atoms with Crippen LogP contribution in [0.3, 0.4) is 0 Å². The van der Waals surface area contributed by atoms with Gasteiger partial charge in [0.1, 0.15) is 17.7 Å². The number of esters is 1. The molecule has 2 atom stereocenters. The third kappa shape index (κ3) is 2.81. The van der Waals surface area contributed by atoms with Crippen molar-refractivity contribution < 1.29 is 19.1 Å². The van der Waals surface area contributed by atoms with Gasteiger partial charge in [0.15, 0.2) is 6.61 Å². The molecule has 0 aromatic heterocycles. The third-order valence-electron chi connectivity index (χ3n) is 3.85. The Morgan fingerprint density at radius 3 is 2.86 bits per heavy atom. The molecule has 1 amide bonds. The fraction of sp³-hybridized carbons (Fsp3) is 0.571. The van der Waals surface area contributed by atoms with Gasteiger partial charge in [0.05, 0.1) is 4.87 Å². The Morgan fingerprint density at radius 2 is 2.27 bits per heavy atom. The van der Waals surface area contributed by atoms with Crippen LogP contribution in [-0.2, 0) is 19.1 Å². The summed E-state index contributed by atoms with van der Waals surface area (Å²) in [5.74, 6) is -0.883. The van der Waals surface area contributed by atoms with Crippen molar-refractivity contribution in [3.8, 4) is 6.07 Å². The minimum absolute atomic E-state index is 0.0730. The Hall–Kier alpha value is -2.01. The molecule has 2 heterocycles. The van der Waals surface area contributed by atoms with Crippen LogP contribution in [0, 0.1) is 11.3 Å². The number of hydrogen-bond donors (Lipinski definition) is 1. The molecule has 0 radical (unpaired) electrons. The molecular formula is C14H17N3O4S. The predicted octanol–water partition coefficient (Wildman–Crippen LogP) is 0.309. The largest absolute Gasteiger partial charge is 0.456 e. The molecule has 2 rings (SSSR count). The van der Waals surface area contributed by atoms with E-state index in [0.29, 0.717) is 18.6 Å². The maximum absolute atomic E-state index is 12.1. The second-order valence-corrected chi connectivity index (χ2v) is 6.97. The number of ketones is 1. The number of nitrogens with zero attached hydrogens (tertiary/aromatic N) is 2. The van der Waals surface area contributed by atoms with Crippen molar-refractivity contribution in [3.05, 3.63) is 11.3 Å². The first kappa shape index (κ1) is 16.4. The summed E-state index contributed by atoms with van der Waals surface area (Å²) in [5, 5.41) is 8.83. The highest BCUT2D eigenvalue weighted by Gasteiger charge is 2.53. The van der Waals surface area contributed by atoms with Crippen LogP contribution in [-0.4, -0.2) is 45.8 Å². The van der Waals surface area contributed by atoms with Crippen molar-refractivity contribution in [2.45, 2.75) is 37.6 Å². The molecule has 0 unspecified atom stereocenters. The number of amides is 1. The van der Waals surface area contributed by atoms with Crippen LogP contribution in [0.5, 0.6) is 0 Å². The second-order valence-electron chi connectivity index (χ2n) is 5.47. The number of Topliss-reactive ketones (excluding diaryl/α,β-unsaturated/α-hetero) is 1. The average Bonchev–Trinajstić information content (AvgIpc) is 2.94. The number of allylic oxidation sites excluding steroid dienone is 1. The van der Waals surface area contributed by atoms with Gasteiger partial charge in [0.25, 0.3) is 0 Å². The number of carbonyl (C=O) groups excluding carboxylic acids is 3. The van der Waals surface area contributed by atoms with E-state index in [1.165, 1.54) is 6.92 Å². The lowest BCUT2D eigenvalue weighted by Crippen LogP contribution is -2.47. The van der Waals surface area contributed by atoms with Crippen LogP contribution >= 0.6 is 11.8 Å². The number of rotatable bonds is 4. The zero-order chi connectivity index (χ0) is 16.5. The van der Waals surface area contributed by atoms with E-state index in [4.69, 9.17) is 15.7 Å². The van der Waals surface area contributed by atoms with E-state index in [2.05, 4.69) is 0 Å². The lowest BCUT2D eigenvalue weighted by atomic mass is 10.1. The molecule has 2 aliphatic heterocycles. The Morgan fingerprint density at radius 1 is 1.59 bits per heavy atom. The van der Waals surface area contributed by atoms with Crippen LogP contribution in [0.4, 0.5) is 0 Å². The first-order valence-corrected chi connectivity index (χ1v) is 7.81. The van der Waals surface area contributed by atoms with E-state index >= 15 is 0 Å².